The van der Waals surface area contributed by atoms with Gasteiger partial charge in [0.2, 0.25) is 0 Å². The van der Waals surface area contributed by atoms with E-state index in [0.29, 0.717) is 15.1 Å². The van der Waals surface area contributed by atoms with Gasteiger partial charge in [0.15, 0.2) is 5.16 Å². The Morgan fingerprint density at radius 3 is 2.61 bits per heavy atom. The summed E-state index contributed by atoms with van der Waals surface area (Å²) in [6.07, 6.45) is 1.51. The molecule has 0 aliphatic rings. The molecule has 144 valence electrons. The molecule has 1 heterocycles. The third-order valence-corrected chi connectivity index (χ3v) is 5.38. The second-order valence-electron chi connectivity index (χ2n) is 6.01. The summed E-state index contributed by atoms with van der Waals surface area (Å²) < 4.78 is 1.66. The molecule has 1 atom stereocenters. The zero-order valence-electron chi connectivity index (χ0n) is 15.0. The molecule has 1 amide bonds. The minimum absolute atomic E-state index is 0.167. The highest BCUT2D eigenvalue weighted by atomic mass is 35.5. The number of nitro groups is 1. The Morgan fingerprint density at radius 2 is 2.00 bits per heavy atom. The van der Waals surface area contributed by atoms with E-state index in [1.165, 1.54) is 12.4 Å². The fourth-order valence-electron chi connectivity index (χ4n) is 2.47. The fraction of sp³-hybridized carbons (Fsp3) is 0.167. The number of nitrogens with zero attached hydrogens (tertiary/aromatic N) is 4. The van der Waals surface area contributed by atoms with Crippen LogP contribution in [-0.2, 0) is 7.05 Å². The van der Waals surface area contributed by atoms with Crippen molar-refractivity contribution in [3.05, 3.63) is 75.1 Å². The van der Waals surface area contributed by atoms with Crippen LogP contribution < -0.4 is 5.32 Å². The molecule has 0 aliphatic heterocycles. The molecule has 0 fully saturated rings. The molecule has 3 rings (SSSR count). The molecule has 0 saturated heterocycles. The average Bonchev–Trinajstić information content (AvgIpc) is 3.07. The lowest BCUT2D eigenvalue weighted by Crippen LogP contribution is -2.26. The number of nitrogens with one attached hydrogen (secondary N) is 1. The zero-order valence-corrected chi connectivity index (χ0v) is 16.6. The molecule has 0 spiro atoms. The van der Waals surface area contributed by atoms with Gasteiger partial charge in [-0.25, -0.2) is 0 Å². The van der Waals surface area contributed by atoms with Gasteiger partial charge in [0, 0.05) is 23.7 Å². The third-order valence-electron chi connectivity index (χ3n) is 4.01. The number of carbonyl (C=O) groups is 1. The zero-order chi connectivity index (χ0) is 20.3. The molecule has 28 heavy (non-hydrogen) atoms. The molecular weight excluding hydrogens is 402 g/mol. The molecular formula is C18H16ClN5O3S. The van der Waals surface area contributed by atoms with Gasteiger partial charge in [0.05, 0.1) is 15.9 Å². The van der Waals surface area contributed by atoms with E-state index in [4.69, 9.17) is 11.6 Å². The fourth-order valence-corrected chi connectivity index (χ4v) is 3.44. The van der Waals surface area contributed by atoms with Gasteiger partial charge in [0.1, 0.15) is 6.33 Å². The maximum atomic E-state index is 12.6. The standard InChI is InChI=1S/C18H16ClN5O3S/c1-11(12-3-6-14(19)7-4-12)21-17(25)13-5-8-16(15(9-13)24(26)27)28-18-22-20-10-23(18)2/h3-11H,1-2H3,(H,21,25). The van der Waals surface area contributed by atoms with Crippen molar-refractivity contribution in [2.45, 2.75) is 23.0 Å². The first-order chi connectivity index (χ1) is 13.3. The minimum atomic E-state index is -0.516. The minimum Gasteiger partial charge on any atom is -0.346 e. The van der Waals surface area contributed by atoms with Gasteiger partial charge in [-0.05, 0) is 48.5 Å². The quantitative estimate of drug-likeness (QED) is 0.480. The van der Waals surface area contributed by atoms with Gasteiger partial charge in [-0.3, -0.25) is 14.9 Å². The van der Waals surface area contributed by atoms with Gasteiger partial charge >= 0.3 is 0 Å². The van der Waals surface area contributed by atoms with E-state index in [0.717, 1.165) is 17.3 Å². The largest absolute Gasteiger partial charge is 0.346 e. The summed E-state index contributed by atoms with van der Waals surface area (Å²) in [4.78, 5) is 23.9. The van der Waals surface area contributed by atoms with Crippen LogP contribution in [0.2, 0.25) is 5.02 Å². The predicted molar refractivity (Wildman–Crippen MR) is 106 cm³/mol. The molecule has 0 radical (unpaired) electrons. The first-order valence-electron chi connectivity index (χ1n) is 8.22. The first kappa shape index (κ1) is 19.8. The number of aryl methyl sites for hydroxylation is 1. The van der Waals surface area contributed by atoms with Crippen molar-refractivity contribution in [1.82, 2.24) is 20.1 Å². The van der Waals surface area contributed by atoms with Crippen LogP contribution in [0.1, 0.15) is 28.9 Å². The molecule has 0 aliphatic carbocycles. The Bertz CT molecular complexity index is 1020. The van der Waals surface area contributed by atoms with Crippen LogP contribution in [0.5, 0.6) is 0 Å². The van der Waals surface area contributed by atoms with Gasteiger partial charge in [-0.15, -0.1) is 10.2 Å². The maximum Gasteiger partial charge on any atom is 0.284 e. The second kappa shape index (κ2) is 8.41. The van der Waals surface area contributed by atoms with Crippen LogP contribution in [0.15, 0.2) is 58.8 Å². The maximum absolute atomic E-state index is 12.6. The highest BCUT2D eigenvalue weighted by molar-refractivity contribution is 7.99. The monoisotopic (exact) mass is 417 g/mol. The Hall–Kier alpha value is -2.91. The van der Waals surface area contributed by atoms with Crippen molar-refractivity contribution in [3.63, 3.8) is 0 Å². The van der Waals surface area contributed by atoms with Gasteiger partial charge in [-0.2, -0.15) is 0 Å². The molecule has 10 heteroatoms. The molecule has 1 N–H and O–H groups in total. The van der Waals surface area contributed by atoms with Crippen molar-refractivity contribution < 1.29 is 9.72 Å². The summed E-state index contributed by atoms with van der Waals surface area (Å²) in [6, 6.07) is 11.2. The summed E-state index contributed by atoms with van der Waals surface area (Å²) in [5.41, 5.74) is 0.913. The Labute approximate surface area is 170 Å². The van der Waals surface area contributed by atoms with Crippen molar-refractivity contribution in [2.24, 2.45) is 7.05 Å². The third kappa shape index (κ3) is 4.49. The predicted octanol–water partition coefficient (Wildman–Crippen LogP) is 4.02. The highest BCUT2D eigenvalue weighted by Crippen LogP contribution is 2.34. The molecule has 1 aromatic heterocycles. The number of benzene rings is 2. The van der Waals surface area contributed by atoms with Crippen LogP contribution in [0, 0.1) is 10.1 Å². The number of hydrogen-bond acceptors (Lipinski definition) is 6. The number of amides is 1. The number of halogens is 1. The normalized spacial score (nSPS) is 11.8. The van der Waals surface area contributed by atoms with E-state index in [1.54, 1.807) is 35.9 Å². The van der Waals surface area contributed by atoms with E-state index in [1.807, 2.05) is 19.1 Å². The summed E-state index contributed by atoms with van der Waals surface area (Å²) in [7, 11) is 1.74. The van der Waals surface area contributed by atoms with Crippen molar-refractivity contribution in [3.8, 4) is 0 Å². The van der Waals surface area contributed by atoms with Crippen molar-refractivity contribution >= 4 is 35.0 Å². The highest BCUT2D eigenvalue weighted by Gasteiger charge is 2.21. The molecule has 8 nitrogen and oxygen atoms in total. The molecule has 3 aromatic rings. The smallest absolute Gasteiger partial charge is 0.284 e. The number of hydrogen-bond donors (Lipinski definition) is 1. The average molecular weight is 418 g/mol. The van der Waals surface area contributed by atoms with Crippen LogP contribution >= 0.6 is 23.4 Å². The van der Waals surface area contributed by atoms with Gasteiger partial charge in [-0.1, -0.05) is 23.7 Å². The van der Waals surface area contributed by atoms with E-state index in [-0.39, 0.29) is 17.3 Å². The summed E-state index contributed by atoms with van der Waals surface area (Å²) in [6.45, 7) is 1.83. The summed E-state index contributed by atoms with van der Waals surface area (Å²) in [5, 5.41) is 23.1. The number of rotatable bonds is 6. The van der Waals surface area contributed by atoms with Gasteiger partial charge in [0.25, 0.3) is 11.6 Å². The summed E-state index contributed by atoms with van der Waals surface area (Å²) in [5.74, 6) is -0.402. The van der Waals surface area contributed by atoms with Crippen LogP contribution in [0.4, 0.5) is 5.69 Å². The van der Waals surface area contributed by atoms with Crippen LogP contribution in [0.3, 0.4) is 0 Å². The topological polar surface area (TPSA) is 103 Å². The van der Waals surface area contributed by atoms with E-state index < -0.39 is 10.8 Å². The molecule has 0 saturated carbocycles. The first-order valence-corrected chi connectivity index (χ1v) is 9.41. The molecule has 0 bridgehead atoms. The Morgan fingerprint density at radius 1 is 1.29 bits per heavy atom. The van der Waals surface area contributed by atoms with Gasteiger partial charge < -0.3 is 9.88 Å². The number of carbonyl (C=O) groups excluding carboxylic acids is 1. The molecule has 1 unspecified atom stereocenters. The van der Waals surface area contributed by atoms with Crippen molar-refractivity contribution in [2.75, 3.05) is 0 Å². The second-order valence-corrected chi connectivity index (χ2v) is 7.46. The Kier molecular flexibility index (Phi) is 5.96. The van der Waals surface area contributed by atoms with E-state index in [2.05, 4.69) is 15.5 Å². The van der Waals surface area contributed by atoms with E-state index >= 15 is 0 Å². The Balaban J connectivity index is 1.80. The number of nitro benzene ring substituents is 1. The van der Waals surface area contributed by atoms with E-state index in [9.17, 15) is 14.9 Å². The lowest BCUT2D eigenvalue weighted by Gasteiger charge is -2.14. The van der Waals surface area contributed by atoms with Crippen LogP contribution in [0.25, 0.3) is 0 Å². The number of aromatic nitrogens is 3. The van der Waals surface area contributed by atoms with Crippen molar-refractivity contribution in [1.29, 1.82) is 0 Å². The lowest BCUT2D eigenvalue weighted by atomic mass is 10.1. The van der Waals surface area contributed by atoms with Crippen LogP contribution in [-0.4, -0.2) is 25.6 Å². The SMILES string of the molecule is CC(NC(=O)c1ccc(Sc2nncn2C)c([N+](=O)[O-])c1)c1ccc(Cl)cc1. The molecule has 2 aromatic carbocycles. The lowest BCUT2D eigenvalue weighted by molar-refractivity contribution is -0.387. The summed E-state index contributed by atoms with van der Waals surface area (Å²) >= 11 is 6.99.